The van der Waals surface area contributed by atoms with Crippen molar-refractivity contribution >= 4 is 5.69 Å². The predicted molar refractivity (Wildman–Crippen MR) is 113 cm³/mol. The quantitative estimate of drug-likeness (QED) is 0.586. The molecular formula is C23H23FN6O. The fraction of sp³-hybridized carbons (Fsp3) is 0.391. The van der Waals surface area contributed by atoms with E-state index in [0.717, 1.165) is 61.4 Å². The van der Waals surface area contributed by atoms with E-state index in [4.69, 9.17) is 4.74 Å². The van der Waals surface area contributed by atoms with Crippen LogP contribution in [0, 0.1) is 17.3 Å². The number of piperidine rings is 1. The lowest BCUT2D eigenvalue weighted by molar-refractivity contribution is 0.283. The molecule has 0 N–H and O–H groups in total. The van der Waals surface area contributed by atoms with Crippen LogP contribution >= 0.6 is 0 Å². The molecule has 7 nitrogen and oxygen atoms in total. The van der Waals surface area contributed by atoms with Crippen molar-refractivity contribution in [3.05, 3.63) is 54.1 Å². The fourth-order valence-electron chi connectivity index (χ4n) is 4.25. The van der Waals surface area contributed by atoms with Gasteiger partial charge in [-0.15, -0.1) is 10.2 Å². The highest BCUT2D eigenvalue weighted by Crippen LogP contribution is 2.39. The van der Waals surface area contributed by atoms with Gasteiger partial charge in [0.25, 0.3) is 5.95 Å². The standard InChI is InChI=1S/C23H23FN6O/c1-29-14-27-28-23(29)15-7-9-30(10-8-15)21-16(12-25)3-2-4-19(21)17-11-20(22(24)26-13-17)31-18-5-6-18/h2-4,11,13-15,18H,5-10H2,1H3. The summed E-state index contributed by atoms with van der Waals surface area (Å²) in [6.07, 6.45) is 7.05. The summed E-state index contributed by atoms with van der Waals surface area (Å²) in [4.78, 5) is 6.16. The Labute approximate surface area is 180 Å². The van der Waals surface area contributed by atoms with Gasteiger partial charge in [0.15, 0.2) is 5.75 Å². The van der Waals surface area contributed by atoms with Crippen molar-refractivity contribution in [1.29, 1.82) is 5.26 Å². The third-order valence-corrected chi connectivity index (χ3v) is 6.02. The Bertz CT molecular complexity index is 1140. The lowest BCUT2D eigenvalue weighted by Gasteiger charge is -2.35. The third kappa shape index (κ3) is 3.83. The van der Waals surface area contributed by atoms with Gasteiger partial charge in [0.1, 0.15) is 18.2 Å². The molecule has 31 heavy (non-hydrogen) atoms. The van der Waals surface area contributed by atoms with Gasteiger partial charge in [-0.25, -0.2) is 4.98 Å². The molecule has 1 aliphatic heterocycles. The van der Waals surface area contributed by atoms with Gasteiger partial charge < -0.3 is 14.2 Å². The van der Waals surface area contributed by atoms with Crippen LogP contribution in [0.5, 0.6) is 5.75 Å². The molecule has 3 heterocycles. The Balaban J connectivity index is 1.46. The first-order valence-corrected chi connectivity index (χ1v) is 10.6. The molecule has 0 radical (unpaired) electrons. The lowest BCUT2D eigenvalue weighted by Crippen LogP contribution is -2.34. The topological polar surface area (TPSA) is 79.9 Å². The van der Waals surface area contributed by atoms with Crippen LogP contribution in [0.4, 0.5) is 10.1 Å². The second kappa shape index (κ2) is 7.99. The van der Waals surface area contributed by atoms with Gasteiger partial charge in [0.05, 0.1) is 17.4 Å². The van der Waals surface area contributed by atoms with Crippen molar-refractivity contribution in [2.45, 2.75) is 37.7 Å². The zero-order valence-corrected chi connectivity index (χ0v) is 17.3. The number of hydrogen-bond acceptors (Lipinski definition) is 6. The number of hydrogen-bond donors (Lipinski definition) is 0. The zero-order chi connectivity index (χ0) is 21.4. The van der Waals surface area contributed by atoms with Crippen molar-refractivity contribution in [2.75, 3.05) is 18.0 Å². The molecule has 2 fully saturated rings. The highest BCUT2D eigenvalue weighted by molar-refractivity contribution is 5.83. The first-order chi connectivity index (χ1) is 15.1. The Morgan fingerprint density at radius 2 is 2.00 bits per heavy atom. The molecule has 0 amide bonds. The number of anilines is 1. The number of halogens is 1. The van der Waals surface area contributed by atoms with Crippen molar-refractivity contribution in [1.82, 2.24) is 19.7 Å². The zero-order valence-electron chi connectivity index (χ0n) is 17.3. The van der Waals surface area contributed by atoms with E-state index in [9.17, 15) is 9.65 Å². The number of rotatable bonds is 5. The molecule has 1 saturated heterocycles. The molecule has 158 valence electrons. The first-order valence-electron chi connectivity index (χ1n) is 10.6. The van der Waals surface area contributed by atoms with Crippen molar-refractivity contribution in [2.24, 2.45) is 7.05 Å². The number of pyridine rings is 1. The van der Waals surface area contributed by atoms with Gasteiger partial charge in [-0.2, -0.15) is 9.65 Å². The molecule has 0 unspecified atom stereocenters. The average Bonchev–Trinajstić information content (AvgIpc) is 3.52. The smallest absolute Gasteiger partial charge is 0.255 e. The van der Waals surface area contributed by atoms with E-state index < -0.39 is 5.95 Å². The van der Waals surface area contributed by atoms with Crippen LogP contribution in [0.2, 0.25) is 0 Å². The maximum absolute atomic E-state index is 14.2. The summed E-state index contributed by atoms with van der Waals surface area (Å²) >= 11 is 0. The van der Waals surface area contributed by atoms with Crippen LogP contribution in [-0.2, 0) is 7.05 Å². The molecule has 1 aliphatic carbocycles. The minimum atomic E-state index is -0.599. The maximum Gasteiger partial charge on any atom is 0.255 e. The Morgan fingerprint density at radius 1 is 1.19 bits per heavy atom. The van der Waals surface area contributed by atoms with Crippen LogP contribution in [0.3, 0.4) is 0 Å². The SMILES string of the molecule is Cn1cnnc1C1CCN(c2c(C#N)cccc2-c2cnc(F)c(OC3CC3)c2)CC1. The summed E-state index contributed by atoms with van der Waals surface area (Å²) in [6.45, 7) is 1.59. The molecule has 8 heteroatoms. The van der Waals surface area contributed by atoms with Gasteiger partial charge in [0.2, 0.25) is 0 Å². The third-order valence-electron chi connectivity index (χ3n) is 6.02. The summed E-state index contributed by atoms with van der Waals surface area (Å²) in [6, 6.07) is 9.67. The number of aryl methyl sites for hydroxylation is 1. The van der Waals surface area contributed by atoms with Gasteiger partial charge >= 0.3 is 0 Å². The largest absolute Gasteiger partial charge is 0.486 e. The number of aromatic nitrogens is 4. The van der Waals surface area contributed by atoms with E-state index in [1.807, 2.05) is 29.8 Å². The molecule has 1 aromatic carbocycles. The highest BCUT2D eigenvalue weighted by atomic mass is 19.1. The molecule has 0 bridgehead atoms. The molecule has 2 aliphatic rings. The average molecular weight is 418 g/mol. The van der Waals surface area contributed by atoms with Crippen LogP contribution in [0.1, 0.15) is 43.0 Å². The number of ether oxygens (including phenoxy) is 1. The number of nitriles is 1. The molecular weight excluding hydrogens is 395 g/mol. The van der Waals surface area contributed by atoms with Crippen LogP contribution in [0.15, 0.2) is 36.8 Å². The highest BCUT2D eigenvalue weighted by Gasteiger charge is 2.28. The molecule has 3 aromatic rings. The van der Waals surface area contributed by atoms with Crippen LogP contribution < -0.4 is 9.64 Å². The molecule has 1 saturated carbocycles. The number of nitrogens with zero attached hydrogens (tertiary/aromatic N) is 6. The monoisotopic (exact) mass is 418 g/mol. The van der Waals surface area contributed by atoms with Crippen LogP contribution in [-0.4, -0.2) is 38.9 Å². The van der Waals surface area contributed by atoms with Crippen molar-refractivity contribution in [3.63, 3.8) is 0 Å². The van der Waals surface area contributed by atoms with Crippen molar-refractivity contribution < 1.29 is 9.13 Å². The van der Waals surface area contributed by atoms with Gasteiger partial charge in [-0.1, -0.05) is 12.1 Å². The number of benzene rings is 1. The maximum atomic E-state index is 14.2. The predicted octanol–water partition coefficient (Wildman–Crippen LogP) is 3.81. The van der Waals surface area contributed by atoms with E-state index in [1.54, 1.807) is 12.4 Å². The molecule has 2 aromatic heterocycles. The second-order valence-corrected chi connectivity index (χ2v) is 8.21. The molecule has 0 spiro atoms. The van der Waals surface area contributed by atoms with Gasteiger partial charge in [-0.05, 0) is 37.8 Å². The summed E-state index contributed by atoms with van der Waals surface area (Å²) in [5.74, 6) is 0.915. The molecule has 5 rings (SSSR count). The summed E-state index contributed by atoms with van der Waals surface area (Å²) in [5, 5.41) is 18.1. The minimum absolute atomic E-state index is 0.0797. The Hall–Kier alpha value is -3.47. The van der Waals surface area contributed by atoms with Gasteiger partial charge in [-0.3, -0.25) is 0 Å². The Kier molecular flexibility index (Phi) is 5.02. The first kappa shape index (κ1) is 19.5. The fourth-order valence-corrected chi connectivity index (χ4v) is 4.25. The van der Waals surface area contributed by atoms with Crippen LogP contribution in [0.25, 0.3) is 11.1 Å². The normalized spacial score (nSPS) is 16.9. The lowest BCUT2D eigenvalue weighted by atomic mass is 9.93. The second-order valence-electron chi connectivity index (χ2n) is 8.21. The van der Waals surface area contributed by atoms with E-state index in [-0.39, 0.29) is 11.9 Å². The Morgan fingerprint density at radius 3 is 2.68 bits per heavy atom. The summed E-state index contributed by atoms with van der Waals surface area (Å²) < 4.78 is 21.8. The van der Waals surface area contributed by atoms with E-state index in [1.165, 1.54) is 6.20 Å². The minimum Gasteiger partial charge on any atom is -0.486 e. The molecule has 0 atom stereocenters. The van der Waals surface area contributed by atoms with E-state index >= 15 is 0 Å². The van der Waals surface area contributed by atoms with E-state index in [0.29, 0.717) is 11.5 Å². The van der Waals surface area contributed by atoms with Crippen molar-refractivity contribution in [3.8, 4) is 22.9 Å². The van der Waals surface area contributed by atoms with E-state index in [2.05, 4.69) is 26.2 Å². The summed E-state index contributed by atoms with van der Waals surface area (Å²) in [5.41, 5.74) is 3.08. The number of para-hydroxylation sites is 1. The summed E-state index contributed by atoms with van der Waals surface area (Å²) in [7, 11) is 1.97. The van der Waals surface area contributed by atoms with Gasteiger partial charge in [0, 0.05) is 43.4 Å².